The van der Waals surface area contributed by atoms with Crippen molar-refractivity contribution in [1.82, 2.24) is 0 Å². The Hall–Kier alpha value is -1.81. The second-order valence-electron chi connectivity index (χ2n) is 3.09. The van der Waals surface area contributed by atoms with Crippen LogP contribution in [-0.4, -0.2) is 17.0 Å². The first-order valence-electron chi connectivity index (χ1n) is 4.47. The summed E-state index contributed by atoms with van der Waals surface area (Å²) in [5.74, 6) is -1.27. The molecule has 0 bridgehead atoms. The maximum atomic E-state index is 10.9. The molecule has 0 aliphatic carbocycles. The lowest BCUT2D eigenvalue weighted by Crippen LogP contribution is -2.06. The van der Waals surface area contributed by atoms with Gasteiger partial charge in [-0.05, 0) is 23.8 Å². The molecule has 0 aliphatic rings. The van der Waals surface area contributed by atoms with E-state index in [0.29, 0.717) is 16.3 Å². The Morgan fingerprint density at radius 2 is 2.12 bits per heavy atom. The van der Waals surface area contributed by atoms with Crippen LogP contribution in [0.1, 0.15) is 12.5 Å². The van der Waals surface area contributed by atoms with Crippen molar-refractivity contribution in [3.63, 3.8) is 0 Å². The number of rotatable bonds is 3. The van der Waals surface area contributed by atoms with E-state index in [1.807, 2.05) is 0 Å². The normalized spacial score (nSPS) is 10.4. The van der Waals surface area contributed by atoms with Crippen molar-refractivity contribution in [2.24, 2.45) is 0 Å². The van der Waals surface area contributed by atoms with E-state index in [0.717, 1.165) is 6.08 Å². The molecule has 0 unspecified atom stereocenters. The molecule has 16 heavy (non-hydrogen) atoms. The first-order valence-corrected chi connectivity index (χ1v) is 4.85. The molecular weight excluding hydrogens is 230 g/mol. The van der Waals surface area contributed by atoms with E-state index >= 15 is 0 Å². The number of hydrogen-bond acceptors (Lipinski definition) is 2. The first-order chi connectivity index (χ1) is 7.49. The number of nitrogens with one attached hydrogen (secondary N) is 1. The highest BCUT2D eigenvalue weighted by molar-refractivity contribution is 6.33. The van der Waals surface area contributed by atoms with E-state index in [-0.39, 0.29) is 5.91 Å². The van der Waals surface area contributed by atoms with E-state index in [1.54, 1.807) is 18.2 Å². The summed E-state index contributed by atoms with van der Waals surface area (Å²) in [4.78, 5) is 21.2. The maximum Gasteiger partial charge on any atom is 0.328 e. The molecule has 1 amide bonds. The molecule has 0 spiro atoms. The Morgan fingerprint density at radius 1 is 1.44 bits per heavy atom. The van der Waals surface area contributed by atoms with Gasteiger partial charge in [0.25, 0.3) is 0 Å². The zero-order valence-electron chi connectivity index (χ0n) is 8.53. The highest BCUT2D eigenvalue weighted by Gasteiger charge is 2.02. The number of halogens is 1. The Morgan fingerprint density at radius 3 is 2.69 bits per heavy atom. The van der Waals surface area contributed by atoms with Gasteiger partial charge in [0, 0.05) is 13.0 Å². The second kappa shape index (κ2) is 5.32. The highest BCUT2D eigenvalue weighted by Crippen LogP contribution is 2.23. The number of hydrogen-bond donors (Lipinski definition) is 2. The summed E-state index contributed by atoms with van der Waals surface area (Å²) in [6, 6.07) is 4.85. The molecule has 0 saturated heterocycles. The number of carboxylic acid groups (broad SMARTS) is 1. The predicted molar refractivity (Wildman–Crippen MR) is 62.4 cm³/mol. The summed E-state index contributed by atoms with van der Waals surface area (Å²) in [5.41, 5.74) is 1.11. The fraction of sp³-hybridized carbons (Fsp3) is 0.0909. The van der Waals surface area contributed by atoms with Crippen LogP contribution in [0.3, 0.4) is 0 Å². The zero-order valence-corrected chi connectivity index (χ0v) is 9.28. The largest absolute Gasteiger partial charge is 0.478 e. The van der Waals surface area contributed by atoms with Crippen LogP contribution in [0.15, 0.2) is 24.3 Å². The standard InChI is InChI=1S/C11H10ClNO3/c1-7(14)13-10-6-8(2-4-9(10)12)3-5-11(15)16/h2-6H,1H3,(H,13,14)(H,15,16)/b5-3+. The first kappa shape index (κ1) is 12.3. The van der Waals surface area contributed by atoms with Crippen LogP contribution in [0, 0.1) is 0 Å². The molecular formula is C11H10ClNO3. The molecule has 1 aromatic rings. The van der Waals surface area contributed by atoms with Crippen LogP contribution in [-0.2, 0) is 9.59 Å². The van der Waals surface area contributed by atoms with Crippen LogP contribution < -0.4 is 5.32 Å². The van der Waals surface area contributed by atoms with Crippen molar-refractivity contribution in [3.05, 3.63) is 34.9 Å². The van der Waals surface area contributed by atoms with E-state index in [9.17, 15) is 9.59 Å². The molecule has 2 N–H and O–H groups in total. The van der Waals surface area contributed by atoms with Gasteiger partial charge in [-0.3, -0.25) is 4.79 Å². The van der Waals surface area contributed by atoms with Gasteiger partial charge in [-0.2, -0.15) is 0 Å². The molecule has 0 saturated carbocycles. The van der Waals surface area contributed by atoms with Crippen LogP contribution in [0.4, 0.5) is 5.69 Å². The van der Waals surface area contributed by atoms with Gasteiger partial charge in [0.15, 0.2) is 0 Å². The average Bonchev–Trinajstić information content (AvgIpc) is 2.18. The van der Waals surface area contributed by atoms with Gasteiger partial charge in [-0.15, -0.1) is 0 Å². The fourth-order valence-electron chi connectivity index (χ4n) is 1.10. The van der Waals surface area contributed by atoms with Gasteiger partial charge in [-0.25, -0.2) is 4.79 Å². The van der Waals surface area contributed by atoms with Crippen LogP contribution in [0.5, 0.6) is 0 Å². The van der Waals surface area contributed by atoms with Gasteiger partial charge in [0.2, 0.25) is 5.91 Å². The number of anilines is 1. The molecule has 0 aliphatic heterocycles. The zero-order chi connectivity index (χ0) is 12.1. The van der Waals surface area contributed by atoms with Gasteiger partial charge in [0.1, 0.15) is 0 Å². The smallest absolute Gasteiger partial charge is 0.328 e. The van der Waals surface area contributed by atoms with Gasteiger partial charge in [-0.1, -0.05) is 17.7 Å². The molecule has 1 rings (SSSR count). The van der Waals surface area contributed by atoms with Crippen molar-refractivity contribution < 1.29 is 14.7 Å². The van der Waals surface area contributed by atoms with Gasteiger partial charge < -0.3 is 10.4 Å². The molecule has 0 radical (unpaired) electrons. The number of carbonyl (C=O) groups is 2. The molecule has 0 atom stereocenters. The molecule has 4 nitrogen and oxygen atoms in total. The van der Waals surface area contributed by atoms with Crippen molar-refractivity contribution in [2.45, 2.75) is 6.92 Å². The van der Waals surface area contributed by atoms with Crippen molar-refractivity contribution in [3.8, 4) is 0 Å². The van der Waals surface area contributed by atoms with E-state index in [2.05, 4.69) is 5.32 Å². The minimum Gasteiger partial charge on any atom is -0.478 e. The minimum absolute atomic E-state index is 0.235. The number of carboxylic acids is 1. The summed E-state index contributed by atoms with van der Waals surface area (Å²) in [7, 11) is 0. The van der Waals surface area contributed by atoms with E-state index in [1.165, 1.54) is 13.0 Å². The lowest BCUT2D eigenvalue weighted by Gasteiger charge is -2.05. The summed E-state index contributed by atoms with van der Waals surface area (Å²) in [6.07, 6.45) is 2.44. The number of aliphatic carboxylic acids is 1. The van der Waals surface area contributed by atoms with Crippen LogP contribution in [0.2, 0.25) is 5.02 Å². The number of amides is 1. The van der Waals surface area contributed by atoms with E-state index in [4.69, 9.17) is 16.7 Å². The van der Waals surface area contributed by atoms with Crippen molar-refractivity contribution in [1.29, 1.82) is 0 Å². The number of benzene rings is 1. The lowest BCUT2D eigenvalue weighted by molar-refractivity contribution is -0.131. The highest BCUT2D eigenvalue weighted by atomic mass is 35.5. The summed E-state index contributed by atoms with van der Waals surface area (Å²) >= 11 is 5.85. The van der Waals surface area contributed by atoms with Gasteiger partial charge >= 0.3 is 5.97 Å². The van der Waals surface area contributed by atoms with Gasteiger partial charge in [0.05, 0.1) is 10.7 Å². The molecule has 1 aromatic carbocycles. The third kappa shape index (κ3) is 3.74. The summed E-state index contributed by atoms with van der Waals surface area (Å²) in [6.45, 7) is 1.37. The van der Waals surface area contributed by atoms with E-state index < -0.39 is 5.97 Å². The quantitative estimate of drug-likeness (QED) is 0.796. The topological polar surface area (TPSA) is 66.4 Å². The molecule has 0 heterocycles. The Bertz CT molecular complexity index is 455. The van der Waals surface area contributed by atoms with Crippen LogP contribution in [0.25, 0.3) is 6.08 Å². The Kier molecular flexibility index (Phi) is 4.08. The summed E-state index contributed by atoms with van der Waals surface area (Å²) in [5, 5.41) is 11.4. The Labute approximate surface area is 97.5 Å². The van der Waals surface area contributed by atoms with Crippen molar-refractivity contribution in [2.75, 3.05) is 5.32 Å². The fourth-order valence-corrected chi connectivity index (χ4v) is 1.26. The second-order valence-corrected chi connectivity index (χ2v) is 3.50. The SMILES string of the molecule is CC(=O)Nc1cc(/C=C/C(=O)O)ccc1Cl. The third-order valence-electron chi connectivity index (χ3n) is 1.72. The lowest BCUT2D eigenvalue weighted by atomic mass is 10.2. The Balaban J connectivity index is 2.97. The molecule has 0 aromatic heterocycles. The monoisotopic (exact) mass is 239 g/mol. The number of carbonyl (C=O) groups excluding carboxylic acids is 1. The molecule has 5 heteroatoms. The minimum atomic E-state index is -1.03. The molecule has 0 fully saturated rings. The summed E-state index contributed by atoms with van der Waals surface area (Å²) < 4.78 is 0. The third-order valence-corrected chi connectivity index (χ3v) is 2.05. The van der Waals surface area contributed by atoms with Crippen LogP contribution >= 0.6 is 11.6 Å². The predicted octanol–water partition coefficient (Wildman–Crippen LogP) is 2.40. The molecule has 84 valence electrons. The van der Waals surface area contributed by atoms with Crippen molar-refractivity contribution >= 4 is 35.2 Å². The average molecular weight is 240 g/mol. The maximum absolute atomic E-state index is 10.9.